The van der Waals surface area contributed by atoms with E-state index in [1.807, 2.05) is 26.0 Å². The summed E-state index contributed by atoms with van der Waals surface area (Å²) in [5.41, 5.74) is 3.23. The number of carbonyl (C=O) groups excluding carboxylic acids is 1. The van der Waals surface area contributed by atoms with Gasteiger partial charge in [0.25, 0.3) is 5.69 Å². The van der Waals surface area contributed by atoms with Gasteiger partial charge in [-0.25, -0.2) is 4.79 Å². The molecule has 8 heteroatoms. The van der Waals surface area contributed by atoms with Gasteiger partial charge in [0.1, 0.15) is 18.2 Å². The molecule has 8 nitrogen and oxygen atoms in total. The van der Waals surface area contributed by atoms with Gasteiger partial charge >= 0.3 is 5.97 Å². The van der Waals surface area contributed by atoms with E-state index in [0.717, 1.165) is 42.9 Å². The molecule has 1 saturated heterocycles. The van der Waals surface area contributed by atoms with Crippen LogP contribution in [0.2, 0.25) is 0 Å². The lowest BCUT2D eigenvalue weighted by molar-refractivity contribution is -0.384. The lowest BCUT2D eigenvalue weighted by Gasteiger charge is -2.14. The maximum atomic E-state index is 12.4. The normalized spacial score (nSPS) is 16.3. The number of benzene rings is 1. The van der Waals surface area contributed by atoms with Crippen molar-refractivity contribution in [2.75, 3.05) is 6.61 Å². The summed E-state index contributed by atoms with van der Waals surface area (Å²) >= 11 is 0. The summed E-state index contributed by atoms with van der Waals surface area (Å²) in [5, 5.41) is 20.1. The van der Waals surface area contributed by atoms with Crippen LogP contribution in [0.5, 0.6) is 0 Å². The van der Waals surface area contributed by atoms with Crippen molar-refractivity contribution >= 4 is 17.7 Å². The molecule has 1 fully saturated rings. The highest BCUT2D eigenvalue weighted by Crippen LogP contribution is 2.22. The van der Waals surface area contributed by atoms with Gasteiger partial charge in [-0.15, -0.1) is 0 Å². The molecule has 2 aromatic rings. The molecule has 1 aliphatic heterocycles. The predicted molar refractivity (Wildman–Crippen MR) is 109 cm³/mol. The molecule has 2 heterocycles. The first-order valence-electron chi connectivity index (χ1n) is 9.69. The number of nitriles is 1. The third-order valence-corrected chi connectivity index (χ3v) is 5.18. The Labute approximate surface area is 174 Å². The highest BCUT2D eigenvalue weighted by molar-refractivity contribution is 5.98. The summed E-state index contributed by atoms with van der Waals surface area (Å²) in [5.74, 6) is -0.736. The molecule has 0 bridgehead atoms. The summed E-state index contributed by atoms with van der Waals surface area (Å²) in [4.78, 5) is 22.6. The Kier molecular flexibility index (Phi) is 6.65. The van der Waals surface area contributed by atoms with Crippen LogP contribution in [-0.4, -0.2) is 28.2 Å². The second-order valence-corrected chi connectivity index (χ2v) is 7.24. The average Bonchev–Trinajstić information content (AvgIpc) is 3.34. The summed E-state index contributed by atoms with van der Waals surface area (Å²) in [6.07, 6.45) is 3.82. The second kappa shape index (κ2) is 9.37. The van der Waals surface area contributed by atoms with Gasteiger partial charge in [0.2, 0.25) is 0 Å². The van der Waals surface area contributed by atoms with Crippen molar-refractivity contribution in [3.63, 3.8) is 0 Å². The van der Waals surface area contributed by atoms with E-state index in [-0.39, 0.29) is 24.0 Å². The molecule has 1 aromatic carbocycles. The molecule has 1 aliphatic rings. The van der Waals surface area contributed by atoms with Crippen molar-refractivity contribution in [1.29, 1.82) is 5.26 Å². The van der Waals surface area contributed by atoms with E-state index in [9.17, 15) is 20.2 Å². The number of hydrogen-bond acceptors (Lipinski definition) is 6. The minimum absolute atomic E-state index is 0.0407. The lowest BCUT2D eigenvalue weighted by atomic mass is 10.1. The van der Waals surface area contributed by atoms with Crippen molar-refractivity contribution in [3.8, 4) is 6.07 Å². The summed E-state index contributed by atoms with van der Waals surface area (Å²) in [7, 11) is 0. The first-order valence-corrected chi connectivity index (χ1v) is 9.69. The molecule has 0 spiro atoms. The maximum absolute atomic E-state index is 12.4. The van der Waals surface area contributed by atoms with Gasteiger partial charge in [-0.1, -0.05) is 0 Å². The number of nitrogens with zero attached hydrogens (tertiary/aromatic N) is 3. The molecular weight excluding hydrogens is 386 g/mol. The Morgan fingerprint density at radius 1 is 1.40 bits per heavy atom. The molecule has 0 N–H and O–H groups in total. The molecule has 0 unspecified atom stereocenters. The second-order valence-electron chi connectivity index (χ2n) is 7.24. The quantitative estimate of drug-likeness (QED) is 0.226. The van der Waals surface area contributed by atoms with Gasteiger partial charge in [-0.2, -0.15) is 5.26 Å². The molecular formula is C22H23N3O5. The summed E-state index contributed by atoms with van der Waals surface area (Å²) < 4.78 is 13.1. The molecule has 0 radical (unpaired) electrons. The predicted octanol–water partition coefficient (Wildman–Crippen LogP) is 3.84. The van der Waals surface area contributed by atoms with Crippen LogP contribution in [0.4, 0.5) is 5.69 Å². The van der Waals surface area contributed by atoms with E-state index in [0.29, 0.717) is 5.56 Å². The van der Waals surface area contributed by atoms with Gasteiger partial charge in [0.05, 0.1) is 11.0 Å². The SMILES string of the molecule is Cc1cc(/C=C(\C#N)C(=O)OCc2ccc([N+](=O)[O-])cc2)c(C)n1C[C@@H]1CCCO1. The zero-order valence-electron chi connectivity index (χ0n) is 17.0. The largest absolute Gasteiger partial charge is 0.457 e. The van der Waals surface area contributed by atoms with Crippen LogP contribution in [0.25, 0.3) is 6.08 Å². The highest BCUT2D eigenvalue weighted by Gasteiger charge is 2.19. The smallest absolute Gasteiger partial charge is 0.349 e. The third-order valence-electron chi connectivity index (χ3n) is 5.18. The Morgan fingerprint density at radius 2 is 2.13 bits per heavy atom. The molecule has 156 valence electrons. The number of rotatable bonds is 7. The van der Waals surface area contributed by atoms with Gasteiger partial charge in [-0.05, 0) is 62.1 Å². The fourth-order valence-electron chi connectivity index (χ4n) is 3.48. The first kappa shape index (κ1) is 21.3. The van der Waals surface area contributed by atoms with E-state index in [1.54, 1.807) is 0 Å². The lowest BCUT2D eigenvalue weighted by Crippen LogP contribution is -2.16. The Morgan fingerprint density at radius 3 is 2.73 bits per heavy atom. The number of aryl methyl sites for hydroxylation is 1. The molecule has 0 aliphatic carbocycles. The molecule has 0 saturated carbocycles. The molecule has 1 aromatic heterocycles. The number of nitro groups is 1. The topological polar surface area (TPSA) is 107 Å². The summed E-state index contributed by atoms with van der Waals surface area (Å²) in [6.45, 7) is 5.39. The van der Waals surface area contributed by atoms with Crippen molar-refractivity contribution in [3.05, 3.63) is 68.5 Å². The van der Waals surface area contributed by atoms with Gasteiger partial charge in [-0.3, -0.25) is 10.1 Å². The maximum Gasteiger partial charge on any atom is 0.349 e. The van der Waals surface area contributed by atoms with E-state index in [4.69, 9.17) is 9.47 Å². The monoisotopic (exact) mass is 409 g/mol. The third kappa shape index (κ3) is 4.93. The van der Waals surface area contributed by atoms with Gasteiger partial charge < -0.3 is 14.0 Å². The van der Waals surface area contributed by atoms with Crippen LogP contribution >= 0.6 is 0 Å². The number of non-ortho nitro benzene ring substituents is 1. The summed E-state index contributed by atoms with van der Waals surface area (Å²) in [6, 6.07) is 9.55. The van der Waals surface area contributed by atoms with E-state index < -0.39 is 10.9 Å². The first-order chi connectivity index (χ1) is 14.4. The standard InChI is InChI=1S/C22H23N3O5/c1-15-10-18(16(2)24(15)13-21-4-3-9-29-21)11-19(12-23)22(26)30-14-17-5-7-20(8-6-17)25(27)28/h5-8,10-11,21H,3-4,9,13-14H2,1-2H3/b19-11+/t21-/m0/s1. The Hall–Kier alpha value is -3.44. The van der Waals surface area contributed by atoms with Crippen LogP contribution in [0.15, 0.2) is 35.9 Å². The Balaban J connectivity index is 1.69. The van der Waals surface area contributed by atoms with Crippen molar-refractivity contribution in [1.82, 2.24) is 4.57 Å². The van der Waals surface area contributed by atoms with Crippen LogP contribution in [0.1, 0.15) is 35.4 Å². The Bertz CT molecular complexity index is 1010. The fourth-order valence-corrected chi connectivity index (χ4v) is 3.48. The highest BCUT2D eigenvalue weighted by atomic mass is 16.6. The van der Waals surface area contributed by atoms with Crippen LogP contribution < -0.4 is 0 Å². The zero-order chi connectivity index (χ0) is 21.7. The average molecular weight is 409 g/mol. The van der Waals surface area contributed by atoms with Crippen molar-refractivity contribution < 1.29 is 19.2 Å². The number of esters is 1. The molecule has 3 rings (SSSR count). The number of nitro benzene ring substituents is 1. The van der Waals surface area contributed by atoms with E-state index in [2.05, 4.69) is 4.57 Å². The van der Waals surface area contributed by atoms with Gasteiger partial charge in [0, 0.05) is 36.7 Å². The number of carbonyl (C=O) groups is 1. The molecule has 1 atom stereocenters. The minimum atomic E-state index is -0.736. The van der Waals surface area contributed by atoms with E-state index in [1.165, 1.54) is 30.3 Å². The minimum Gasteiger partial charge on any atom is -0.457 e. The molecule has 0 amide bonds. The number of hydrogen-bond donors (Lipinski definition) is 0. The number of aromatic nitrogens is 1. The molecule has 30 heavy (non-hydrogen) atoms. The van der Waals surface area contributed by atoms with Gasteiger partial charge in [0.15, 0.2) is 0 Å². The van der Waals surface area contributed by atoms with Crippen LogP contribution in [0.3, 0.4) is 0 Å². The van der Waals surface area contributed by atoms with Crippen molar-refractivity contribution in [2.24, 2.45) is 0 Å². The van der Waals surface area contributed by atoms with Crippen LogP contribution in [-0.2, 0) is 27.4 Å². The zero-order valence-corrected chi connectivity index (χ0v) is 17.0. The number of ether oxygens (including phenoxy) is 2. The fraction of sp³-hybridized carbons (Fsp3) is 0.364. The van der Waals surface area contributed by atoms with E-state index >= 15 is 0 Å². The van der Waals surface area contributed by atoms with Crippen molar-refractivity contribution in [2.45, 2.75) is 45.9 Å². The van der Waals surface area contributed by atoms with Crippen LogP contribution in [0, 0.1) is 35.3 Å².